The van der Waals surface area contributed by atoms with Gasteiger partial charge in [-0.25, -0.2) is 4.99 Å². The van der Waals surface area contributed by atoms with Gasteiger partial charge in [0.2, 0.25) is 0 Å². The SMILES string of the molecule is Cc1cc(C2=Nc3ccc(C(C)C)c4cccc2c34)c2oc3ccccc3c2c1. The Kier molecular flexibility index (Phi) is 3.31. The van der Waals surface area contributed by atoms with Gasteiger partial charge in [0.05, 0.1) is 11.4 Å². The first-order chi connectivity index (χ1) is 14.1. The lowest BCUT2D eigenvalue weighted by Gasteiger charge is -2.11. The monoisotopic (exact) mass is 375 g/mol. The van der Waals surface area contributed by atoms with E-state index in [1.54, 1.807) is 0 Å². The fourth-order valence-electron chi connectivity index (χ4n) is 4.74. The maximum atomic E-state index is 6.33. The van der Waals surface area contributed by atoms with Crippen LogP contribution in [0.4, 0.5) is 5.69 Å². The van der Waals surface area contributed by atoms with Gasteiger partial charge in [-0.3, -0.25) is 0 Å². The number of nitrogens with zero attached hydrogens (tertiary/aromatic N) is 1. The van der Waals surface area contributed by atoms with Crippen molar-refractivity contribution < 1.29 is 4.42 Å². The second-order valence-corrected chi connectivity index (χ2v) is 8.30. The third kappa shape index (κ3) is 2.26. The van der Waals surface area contributed by atoms with Crippen LogP contribution in [0.15, 0.2) is 76.1 Å². The van der Waals surface area contributed by atoms with E-state index in [0.29, 0.717) is 5.92 Å². The summed E-state index contributed by atoms with van der Waals surface area (Å²) in [6, 6.07) is 23.6. The van der Waals surface area contributed by atoms with Crippen molar-refractivity contribution in [2.45, 2.75) is 26.7 Å². The number of furan rings is 1. The highest BCUT2D eigenvalue weighted by molar-refractivity contribution is 6.30. The molecule has 2 nitrogen and oxygen atoms in total. The van der Waals surface area contributed by atoms with E-state index in [1.165, 1.54) is 27.5 Å². The zero-order chi connectivity index (χ0) is 19.7. The molecule has 140 valence electrons. The van der Waals surface area contributed by atoms with Gasteiger partial charge in [0.15, 0.2) is 0 Å². The normalized spacial score (nSPS) is 13.2. The Hall–Kier alpha value is -3.39. The van der Waals surface area contributed by atoms with Gasteiger partial charge in [-0.05, 0) is 53.6 Å². The first-order valence-corrected chi connectivity index (χ1v) is 10.2. The first kappa shape index (κ1) is 16.6. The van der Waals surface area contributed by atoms with Crippen LogP contribution in [-0.4, -0.2) is 5.71 Å². The molecule has 1 aliphatic rings. The van der Waals surface area contributed by atoms with E-state index in [-0.39, 0.29) is 0 Å². The lowest BCUT2D eigenvalue weighted by atomic mass is 9.91. The van der Waals surface area contributed by atoms with Crippen LogP contribution in [0.25, 0.3) is 32.7 Å². The lowest BCUT2D eigenvalue weighted by Crippen LogP contribution is -2.01. The summed E-state index contributed by atoms with van der Waals surface area (Å²) in [6.45, 7) is 6.64. The van der Waals surface area contributed by atoms with Crippen molar-refractivity contribution in [3.05, 3.63) is 89.0 Å². The zero-order valence-electron chi connectivity index (χ0n) is 16.8. The maximum absolute atomic E-state index is 6.33. The summed E-state index contributed by atoms with van der Waals surface area (Å²) in [5.41, 5.74) is 8.78. The molecule has 0 spiro atoms. The van der Waals surface area contributed by atoms with Crippen molar-refractivity contribution in [1.82, 2.24) is 0 Å². The summed E-state index contributed by atoms with van der Waals surface area (Å²) < 4.78 is 6.33. The minimum absolute atomic E-state index is 0.476. The Morgan fingerprint density at radius 1 is 0.793 bits per heavy atom. The lowest BCUT2D eigenvalue weighted by molar-refractivity contribution is 0.668. The first-order valence-electron chi connectivity index (χ1n) is 10.2. The van der Waals surface area contributed by atoms with E-state index in [1.807, 2.05) is 12.1 Å². The molecule has 0 fully saturated rings. The number of fused-ring (bicyclic) bond motifs is 3. The highest BCUT2D eigenvalue weighted by atomic mass is 16.3. The molecule has 0 saturated heterocycles. The van der Waals surface area contributed by atoms with Crippen molar-refractivity contribution in [2.24, 2.45) is 4.99 Å². The van der Waals surface area contributed by atoms with E-state index in [2.05, 4.69) is 75.4 Å². The summed E-state index contributed by atoms with van der Waals surface area (Å²) in [4.78, 5) is 5.09. The minimum atomic E-state index is 0.476. The number of benzene rings is 4. The van der Waals surface area contributed by atoms with E-state index in [4.69, 9.17) is 9.41 Å². The van der Waals surface area contributed by atoms with Gasteiger partial charge < -0.3 is 4.42 Å². The molecule has 0 aliphatic carbocycles. The average molecular weight is 375 g/mol. The highest BCUT2D eigenvalue weighted by Gasteiger charge is 2.24. The quantitative estimate of drug-likeness (QED) is 0.305. The predicted octanol–water partition coefficient (Wildman–Crippen LogP) is 7.65. The summed E-state index contributed by atoms with van der Waals surface area (Å²) in [5.74, 6) is 0.476. The maximum Gasteiger partial charge on any atom is 0.144 e. The zero-order valence-corrected chi connectivity index (χ0v) is 16.8. The largest absolute Gasteiger partial charge is 0.455 e. The fourth-order valence-corrected chi connectivity index (χ4v) is 4.74. The summed E-state index contributed by atoms with van der Waals surface area (Å²) in [7, 11) is 0. The summed E-state index contributed by atoms with van der Waals surface area (Å²) in [5, 5.41) is 4.88. The molecule has 0 N–H and O–H groups in total. The number of hydrogen-bond acceptors (Lipinski definition) is 2. The predicted molar refractivity (Wildman–Crippen MR) is 122 cm³/mol. The van der Waals surface area contributed by atoms with Crippen LogP contribution in [0.5, 0.6) is 0 Å². The van der Waals surface area contributed by atoms with Crippen molar-refractivity contribution >= 4 is 44.1 Å². The van der Waals surface area contributed by atoms with Gasteiger partial charge in [-0.2, -0.15) is 0 Å². The van der Waals surface area contributed by atoms with Crippen LogP contribution in [0.2, 0.25) is 0 Å². The second kappa shape index (κ2) is 5.81. The Balaban J connectivity index is 1.68. The van der Waals surface area contributed by atoms with Crippen molar-refractivity contribution in [3.63, 3.8) is 0 Å². The standard InChI is InChI=1S/C27H21NO/c1-15(2)17-11-12-23-25-19(17)8-6-9-20(25)26(28-23)22-14-16(3)13-21-18-7-4-5-10-24(18)29-27(21)22/h4-15H,1-3H3. The summed E-state index contributed by atoms with van der Waals surface area (Å²) in [6.07, 6.45) is 0. The van der Waals surface area contributed by atoms with Gasteiger partial charge >= 0.3 is 0 Å². The molecular formula is C27H21NO. The molecule has 1 aromatic heterocycles. The van der Waals surface area contributed by atoms with Crippen molar-refractivity contribution in [1.29, 1.82) is 0 Å². The van der Waals surface area contributed by atoms with Gasteiger partial charge in [0.1, 0.15) is 11.2 Å². The number of rotatable bonds is 2. The number of aliphatic imine (C=N–C) groups is 1. The van der Waals surface area contributed by atoms with Crippen LogP contribution in [0.3, 0.4) is 0 Å². The Bertz CT molecular complexity index is 1480. The molecule has 5 aromatic rings. The average Bonchev–Trinajstić information content (AvgIpc) is 3.28. The van der Waals surface area contributed by atoms with Crippen LogP contribution >= 0.6 is 0 Å². The molecule has 1 aliphatic heterocycles. The van der Waals surface area contributed by atoms with Gasteiger partial charge in [0.25, 0.3) is 0 Å². The van der Waals surface area contributed by atoms with Gasteiger partial charge in [-0.1, -0.05) is 56.3 Å². The Labute approximate surface area is 169 Å². The number of hydrogen-bond donors (Lipinski definition) is 0. The molecule has 0 atom stereocenters. The van der Waals surface area contributed by atoms with Crippen LogP contribution < -0.4 is 0 Å². The third-order valence-electron chi connectivity index (χ3n) is 6.04. The van der Waals surface area contributed by atoms with E-state index >= 15 is 0 Å². The molecule has 0 bridgehead atoms. The minimum Gasteiger partial charge on any atom is -0.455 e. The van der Waals surface area contributed by atoms with Crippen LogP contribution in [0, 0.1) is 6.92 Å². The van der Waals surface area contributed by atoms with E-state index < -0.39 is 0 Å². The van der Waals surface area contributed by atoms with E-state index in [0.717, 1.165) is 38.9 Å². The number of para-hydroxylation sites is 1. The van der Waals surface area contributed by atoms with Gasteiger partial charge in [-0.15, -0.1) is 0 Å². The smallest absolute Gasteiger partial charge is 0.144 e. The Morgan fingerprint density at radius 2 is 1.62 bits per heavy atom. The molecule has 2 heterocycles. The van der Waals surface area contributed by atoms with Crippen LogP contribution in [0.1, 0.15) is 42.0 Å². The fraction of sp³-hybridized carbons (Fsp3) is 0.148. The van der Waals surface area contributed by atoms with Crippen molar-refractivity contribution in [3.8, 4) is 0 Å². The van der Waals surface area contributed by atoms with Gasteiger partial charge in [0, 0.05) is 27.3 Å². The third-order valence-corrected chi connectivity index (χ3v) is 6.04. The number of aryl methyl sites for hydroxylation is 1. The Morgan fingerprint density at radius 3 is 2.48 bits per heavy atom. The topological polar surface area (TPSA) is 25.5 Å². The second-order valence-electron chi connectivity index (χ2n) is 8.30. The molecule has 0 unspecified atom stereocenters. The molecule has 2 heteroatoms. The molecule has 29 heavy (non-hydrogen) atoms. The molecule has 6 rings (SSSR count). The summed E-state index contributed by atoms with van der Waals surface area (Å²) >= 11 is 0. The van der Waals surface area contributed by atoms with Crippen molar-refractivity contribution in [2.75, 3.05) is 0 Å². The molecular weight excluding hydrogens is 354 g/mol. The van der Waals surface area contributed by atoms with Crippen LogP contribution in [-0.2, 0) is 0 Å². The molecule has 0 amide bonds. The highest BCUT2D eigenvalue weighted by Crippen LogP contribution is 2.42. The molecule has 0 saturated carbocycles. The van der Waals surface area contributed by atoms with E-state index in [9.17, 15) is 0 Å². The molecule has 0 radical (unpaired) electrons. The molecule has 4 aromatic carbocycles.